The van der Waals surface area contributed by atoms with Crippen LogP contribution in [0.5, 0.6) is 0 Å². The number of fused-ring (bicyclic) bond motifs is 1. The number of hydrogen-bond acceptors (Lipinski definition) is 4. The van der Waals surface area contributed by atoms with E-state index in [9.17, 15) is 26.1 Å². The summed E-state index contributed by atoms with van der Waals surface area (Å²) in [6.07, 6.45) is -3.80. The van der Waals surface area contributed by atoms with Crippen LogP contribution in [0.1, 0.15) is 23.4 Å². The molecular formula is C13H14F3NO3S2. The second-order valence-electron chi connectivity index (χ2n) is 4.92. The Kier molecular flexibility index (Phi) is 4.78. The van der Waals surface area contributed by atoms with E-state index in [1.165, 1.54) is 17.4 Å². The molecule has 0 fully saturated rings. The van der Waals surface area contributed by atoms with E-state index < -0.39 is 27.6 Å². The number of rotatable bonds is 5. The second kappa shape index (κ2) is 6.13. The molecule has 0 bridgehead atoms. The van der Waals surface area contributed by atoms with Crippen LogP contribution in [0, 0.1) is 6.92 Å². The molecule has 2 aromatic rings. The maximum atomic E-state index is 12.8. The van der Waals surface area contributed by atoms with Gasteiger partial charge in [-0.2, -0.15) is 17.7 Å². The first-order chi connectivity index (χ1) is 10.1. The maximum absolute atomic E-state index is 12.8. The summed E-state index contributed by atoms with van der Waals surface area (Å²) in [5, 5.41) is 0.833. The highest BCUT2D eigenvalue weighted by molar-refractivity contribution is 7.85. The quantitative estimate of drug-likeness (QED) is 0.472. The van der Waals surface area contributed by atoms with Gasteiger partial charge in [-0.25, -0.2) is 8.42 Å². The number of unbranched alkanes of at least 4 members (excludes halogenated alkanes) is 1. The van der Waals surface area contributed by atoms with Crippen molar-refractivity contribution in [1.29, 1.82) is 0 Å². The van der Waals surface area contributed by atoms with Crippen molar-refractivity contribution in [3.8, 4) is 0 Å². The van der Waals surface area contributed by atoms with Crippen molar-refractivity contribution in [3.63, 3.8) is 0 Å². The summed E-state index contributed by atoms with van der Waals surface area (Å²) < 4.78 is 72.4. The molecule has 0 saturated heterocycles. The molecule has 0 N–H and O–H groups in total. The fourth-order valence-corrected chi connectivity index (χ4v) is 3.79. The van der Waals surface area contributed by atoms with Crippen LogP contribution in [0.4, 0.5) is 13.2 Å². The molecule has 0 radical (unpaired) electrons. The number of nitrogens with zero attached hydrogens (tertiary/aromatic N) is 1. The molecule has 4 nitrogen and oxygen atoms in total. The number of alkyl halides is 3. The van der Waals surface area contributed by atoms with Gasteiger partial charge in [0.2, 0.25) is 10.5 Å². The van der Waals surface area contributed by atoms with E-state index in [1.54, 1.807) is 11.5 Å². The van der Waals surface area contributed by atoms with Crippen molar-refractivity contribution in [3.05, 3.63) is 28.8 Å². The van der Waals surface area contributed by atoms with Crippen LogP contribution < -0.4 is 4.57 Å². The monoisotopic (exact) mass is 353 g/mol. The zero-order valence-electron chi connectivity index (χ0n) is 11.7. The van der Waals surface area contributed by atoms with E-state index >= 15 is 0 Å². The molecule has 0 amide bonds. The minimum atomic E-state index is -4.40. The largest absolute Gasteiger partial charge is 0.748 e. The Hall–Kier alpha value is -1.19. The highest BCUT2D eigenvalue weighted by Gasteiger charge is 2.32. The predicted molar refractivity (Wildman–Crippen MR) is 75.6 cm³/mol. The summed E-state index contributed by atoms with van der Waals surface area (Å²) in [4.78, 5) is 0. The molecule has 0 aliphatic heterocycles. The van der Waals surface area contributed by atoms with Crippen molar-refractivity contribution in [2.45, 2.75) is 32.5 Å². The van der Waals surface area contributed by atoms with Gasteiger partial charge >= 0.3 is 6.18 Å². The van der Waals surface area contributed by atoms with Crippen molar-refractivity contribution in [2.24, 2.45) is 0 Å². The molecule has 0 unspecified atom stereocenters. The average Bonchev–Trinajstić information content (AvgIpc) is 2.67. The lowest BCUT2D eigenvalue weighted by molar-refractivity contribution is -0.673. The number of hydrogen-bond donors (Lipinski definition) is 0. The first kappa shape index (κ1) is 17.2. The Morgan fingerprint density at radius 2 is 1.95 bits per heavy atom. The highest BCUT2D eigenvalue weighted by atomic mass is 32.2. The van der Waals surface area contributed by atoms with Crippen LogP contribution in [-0.2, 0) is 22.8 Å². The van der Waals surface area contributed by atoms with Gasteiger partial charge in [-0.1, -0.05) is 11.3 Å². The van der Waals surface area contributed by atoms with Gasteiger partial charge in [-0.05, 0) is 18.6 Å². The van der Waals surface area contributed by atoms with E-state index in [-0.39, 0.29) is 6.42 Å². The number of aromatic nitrogens is 1. The summed E-state index contributed by atoms with van der Waals surface area (Å²) in [6.45, 7) is 2.17. The van der Waals surface area contributed by atoms with Gasteiger partial charge in [0, 0.05) is 25.2 Å². The first-order valence-corrected chi connectivity index (χ1v) is 8.91. The summed E-state index contributed by atoms with van der Waals surface area (Å²) in [5.74, 6) is -0.456. The number of aryl methyl sites for hydroxylation is 2. The van der Waals surface area contributed by atoms with Crippen molar-refractivity contribution >= 4 is 31.7 Å². The minimum Gasteiger partial charge on any atom is -0.748 e. The third kappa shape index (κ3) is 4.17. The lowest BCUT2D eigenvalue weighted by Crippen LogP contribution is -2.35. The Balaban J connectivity index is 2.23. The molecule has 1 aromatic heterocycles. The summed E-state index contributed by atoms with van der Waals surface area (Å²) in [6, 6.07) is 3.59. The molecule has 2 rings (SSSR count). The van der Waals surface area contributed by atoms with Gasteiger partial charge in [0.15, 0.2) is 0 Å². The molecule has 22 heavy (non-hydrogen) atoms. The number of halogens is 3. The van der Waals surface area contributed by atoms with Crippen LogP contribution in [0.3, 0.4) is 0 Å². The molecule has 0 aliphatic carbocycles. The molecule has 0 aliphatic rings. The van der Waals surface area contributed by atoms with Gasteiger partial charge in [0.05, 0.1) is 15.7 Å². The van der Waals surface area contributed by atoms with Crippen LogP contribution in [0.2, 0.25) is 0 Å². The average molecular weight is 353 g/mol. The minimum absolute atomic E-state index is 0.189. The Morgan fingerprint density at radius 1 is 1.27 bits per heavy atom. The van der Waals surface area contributed by atoms with Gasteiger partial charge in [0.25, 0.3) is 0 Å². The summed E-state index contributed by atoms with van der Waals surface area (Å²) >= 11 is 1.38. The number of thiazole rings is 1. The van der Waals surface area contributed by atoms with E-state index in [4.69, 9.17) is 0 Å². The van der Waals surface area contributed by atoms with Gasteiger partial charge in [-0.15, -0.1) is 0 Å². The zero-order chi connectivity index (χ0) is 16.5. The topological polar surface area (TPSA) is 61.1 Å². The highest BCUT2D eigenvalue weighted by Crippen LogP contribution is 2.32. The molecular weight excluding hydrogens is 339 g/mol. The van der Waals surface area contributed by atoms with Crippen molar-refractivity contribution in [1.82, 2.24) is 0 Å². The Labute approximate surface area is 129 Å². The van der Waals surface area contributed by atoms with E-state index in [2.05, 4.69) is 0 Å². The van der Waals surface area contributed by atoms with Gasteiger partial charge < -0.3 is 4.55 Å². The molecule has 0 saturated carbocycles. The fourth-order valence-electron chi connectivity index (χ4n) is 2.20. The zero-order valence-corrected chi connectivity index (χ0v) is 13.3. The Morgan fingerprint density at radius 3 is 2.55 bits per heavy atom. The normalized spacial score (nSPS) is 13.0. The molecule has 9 heteroatoms. The summed E-state index contributed by atoms with van der Waals surface area (Å²) in [5.41, 5.74) is -0.240. The smallest absolute Gasteiger partial charge is 0.416 e. The molecule has 0 atom stereocenters. The molecule has 122 valence electrons. The van der Waals surface area contributed by atoms with Crippen LogP contribution >= 0.6 is 11.3 Å². The maximum Gasteiger partial charge on any atom is 0.416 e. The van der Waals surface area contributed by atoms with Crippen LogP contribution in [0.25, 0.3) is 10.2 Å². The molecule has 1 aromatic carbocycles. The summed E-state index contributed by atoms with van der Waals surface area (Å²) in [7, 11) is -4.25. The van der Waals surface area contributed by atoms with E-state index in [0.717, 1.165) is 21.8 Å². The standard InChI is InChI=1S/C13H14F3NO3S2/c1-9-17(6-2-3-7-22(18,19)20)11-8-10(13(14,15)16)4-5-12(11)21-9/h4-5,8H,2-3,6-7H2,1H3. The van der Waals surface area contributed by atoms with Gasteiger partial charge in [0.1, 0.15) is 11.2 Å². The lowest BCUT2D eigenvalue weighted by Gasteiger charge is -2.06. The molecule has 1 heterocycles. The fraction of sp³-hybridized carbons (Fsp3) is 0.462. The third-order valence-electron chi connectivity index (χ3n) is 3.24. The van der Waals surface area contributed by atoms with Crippen molar-refractivity contribution in [2.75, 3.05) is 5.75 Å². The van der Waals surface area contributed by atoms with Crippen molar-refractivity contribution < 1.29 is 30.7 Å². The lowest BCUT2D eigenvalue weighted by atomic mass is 10.2. The van der Waals surface area contributed by atoms with Gasteiger partial charge in [-0.3, -0.25) is 0 Å². The number of benzene rings is 1. The van der Waals surface area contributed by atoms with E-state index in [0.29, 0.717) is 18.5 Å². The van der Waals surface area contributed by atoms with Crippen LogP contribution in [0.15, 0.2) is 18.2 Å². The Bertz CT molecular complexity index is 782. The third-order valence-corrected chi connectivity index (χ3v) is 5.11. The van der Waals surface area contributed by atoms with E-state index in [1.807, 2.05) is 0 Å². The first-order valence-electron chi connectivity index (χ1n) is 6.52. The molecule has 0 spiro atoms. The predicted octanol–water partition coefficient (Wildman–Crippen LogP) is 2.84. The SMILES string of the molecule is Cc1sc2ccc(C(F)(F)F)cc2[n+]1CCCCS(=O)(=O)[O-]. The second-order valence-corrected chi connectivity index (χ2v) is 7.68. The van der Waals surface area contributed by atoms with Crippen LogP contribution in [-0.4, -0.2) is 18.7 Å².